The number of amides is 1. The largest absolute Gasteiger partial charge is 0.476 e. The van der Waals surface area contributed by atoms with Gasteiger partial charge in [0.15, 0.2) is 5.60 Å². The van der Waals surface area contributed by atoms with Crippen molar-refractivity contribution in [2.24, 2.45) is 0 Å². The molecule has 0 aliphatic rings. The Morgan fingerprint density at radius 2 is 1.40 bits per heavy atom. The number of carbonyl (C=O) groups is 2. The molecule has 0 spiro atoms. The molecule has 5 nitrogen and oxygen atoms in total. The lowest BCUT2D eigenvalue weighted by molar-refractivity contribution is -0.156. The van der Waals surface area contributed by atoms with E-state index in [0.717, 1.165) is 37.4 Å². The Labute approximate surface area is 268 Å². The van der Waals surface area contributed by atoms with Gasteiger partial charge in [0, 0.05) is 12.5 Å². The van der Waals surface area contributed by atoms with Crippen molar-refractivity contribution in [1.82, 2.24) is 5.32 Å². The predicted molar refractivity (Wildman–Crippen MR) is 154 cm³/mol. The summed E-state index contributed by atoms with van der Waals surface area (Å²) in [7, 11) is 1.05. The molecule has 4 aromatic rings. The smallest absolute Gasteiger partial charge is 0.420 e. The fraction of sp³-hybridized carbons (Fsp3) is 0.235. The number of hydrogen-bond donors (Lipinski definition) is 1. The lowest BCUT2D eigenvalue weighted by atomic mass is 9.76. The second kappa shape index (κ2) is 13.2. The molecule has 14 heteroatoms. The summed E-state index contributed by atoms with van der Waals surface area (Å²) in [6, 6.07) is 13.7. The van der Waals surface area contributed by atoms with E-state index >= 15 is 4.39 Å². The van der Waals surface area contributed by atoms with E-state index in [9.17, 15) is 44.7 Å². The van der Waals surface area contributed by atoms with E-state index in [2.05, 4.69) is 5.32 Å². The SMILES string of the molecule is COC(=O)C(C)(C)Oc1cc(F)cc(C(Cc2ccccc2)(NC(=O)c2cccc(F)c2C(F)(F)F)c2ccc(F)c(C(F)(F)F)c2)c1. The fourth-order valence-electron chi connectivity index (χ4n) is 5.18. The lowest BCUT2D eigenvalue weighted by Crippen LogP contribution is -2.49. The summed E-state index contributed by atoms with van der Waals surface area (Å²) in [6.07, 6.45) is -11.2. The van der Waals surface area contributed by atoms with Gasteiger partial charge in [-0.1, -0.05) is 42.5 Å². The van der Waals surface area contributed by atoms with E-state index in [4.69, 9.17) is 9.47 Å². The van der Waals surface area contributed by atoms with Crippen molar-refractivity contribution in [2.75, 3.05) is 7.11 Å². The molecule has 48 heavy (non-hydrogen) atoms. The van der Waals surface area contributed by atoms with Gasteiger partial charge in [-0.15, -0.1) is 0 Å². The molecule has 4 rings (SSSR count). The molecular formula is C34H26F9NO4. The molecule has 0 fully saturated rings. The molecule has 1 atom stereocenters. The van der Waals surface area contributed by atoms with Crippen molar-refractivity contribution in [3.05, 3.63) is 136 Å². The van der Waals surface area contributed by atoms with Crippen LogP contribution >= 0.6 is 0 Å². The van der Waals surface area contributed by atoms with E-state index in [1.807, 2.05) is 0 Å². The molecule has 0 saturated heterocycles. The number of nitrogens with one attached hydrogen (secondary N) is 1. The zero-order chi connectivity index (χ0) is 35.7. The van der Waals surface area contributed by atoms with Crippen molar-refractivity contribution in [3.8, 4) is 5.75 Å². The van der Waals surface area contributed by atoms with Gasteiger partial charge in [-0.05, 0) is 66.9 Å². The van der Waals surface area contributed by atoms with Crippen LogP contribution in [0.4, 0.5) is 39.5 Å². The molecule has 0 aliphatic heterocycles. The number of carbonyl (C=O) groups excluding carboxylic acids is 2. The summed E-state index contributed by atoms with van der Waals surface area (Å²) in [6.45, 7) is 2.53. The summed E-state index contributed by atoms with van der Waals surface area (Å²) >= 11 is 0. The fourth-order valence-corrected chi connectivity index (χ4v) is 5.18. The number of alkyl halides is 6. The average molecular weight is 684 g/mol. The van der Waals surface area contributed by atoms with Crippen LogP contribution in [-0.2, 0) is 33.8 Å². The van der Waals surface area contributed by atoms with E-state index in [0.29, 0.717) is 24.3 Å². The van der Waals surface area contributed by atoms with Crippen LogP contribution in [0, 0.1) is 17.5 Å². The van der Waals surface area contributed by atoms with Crippen molar-refractivity contribution >= 4 is 11.9 Å². The van der Waals surface area contributed by atoms with Gasteiger partial charge in [-0.25, -0.2) is 18.0 Å². The van der Waals surface area contributed by atoms with Crippen molar-refractivity contribution in [2.45, 2.75) is 43.8 Å². The number of halogens is 9. The van der Waals surface area contributed by atoms with Crippen LogP contribution in [-0.4, -0.2) is 24.6 Å². The highest BCUT2D eigenvalue weighted by molar-refractivity contribution is 5.97. The van der Waals surface area contributed by atoms with Crippen molar-refractivity contribution in [1.29, 1.82) is 0 Å². The number of ether oxygens (including phenoxy) is 2. The highest BCUT2D eigenvalue weighted by Gasteiger charge is 2.44. The van der Waals surface area contributed by atoms with E-state index in [1.54, 1.807) is 6.07 Å². The van der Waals surface area contributed by atoms with Crippen LogP contribution in [0.5, 0.6) is 5.75 Å². The standard InChI is InChI=1S/C34H26F9NO4/c1-31(2,30(46)47-3)48-23-15-21(14-22(35)17-23)32(18-19-8-5-4-6-9-19,20-12-13-26(36)25(16-20)33(38,39)40)44-29(45)24-10-7-11-27(37)28(24)34(41,42)43/h4-17H,18H2,1-3H3,(H,44,45). The van der Waals surface area contributed by atoms with Gasteiger partial charge < -0.3 is 14.8 Å². The number of esters is 1. The molecule has 0 aliphatic carbocycles. The maximum absolute atomic E-state index is 15.4. The van der Waals surface area contributed by atoms with E-state index < -0.39 is 87.2 Å². The topological polar surface area (TPSA) is 64.6 Å². The zero-order valence-corrected chi connectivity index (χ0v) is 25.3. The Kier molecular flexibility index (Phi) is 9.89. The summed E-state index contributed by atoms with van der Waals surface area (Å²) in [5.74, 6) is -7.54. The van der Waals surface area contributed by atoms with Crippen LogP contribution in [0.15, 0.2) is 84.9 Å². The third kappa shape index (κ3) is 7.58. The molecule has 1 N–H and O–H groups in total. The third-order valence-corrected chi connectivity index (χ3v) is 7.36. The van der Waals surface area contributed by atoms with Crippen molar-refractivity contribution < 1.29 is 58.6 Å². The summed E-state index contributed by atoms with van der Waals surface area (Å²) < 4.78 is 139. The Morgan fingerprint density at radius 1 is 0.729 bits per heavy atom. The second-order valence-electron chi connectivity index (χ2n) is 11.2. The minimum atomic E-state index is -5.39. The maximum atomic E-state index is 15.4. The first-order valence-electron chi connectivity index (χ1n) is 14.0. The molecule has 0 saturated carbocycles. The van der Waals surface area contributed by atoms with E-state index in [1.165, 1.54) is 38.1 Å². The summed E-state index contributed by atoms with van der Waals surface area (Å²) in [5, 5.41) is 2.31. The van der Waals surface area contributed by atoms with E-state index in [-0.39, 0.29) is 11.1 Å². The van der Waals surface area contributed by atoms with Crippen LogP contribution in [0.3, 0.4) is 0 Å². The first kappa shape index (κ1) is 35.8. The lowest BCUT2D eigenvalue weighted by Gasteiger charge is -2.37. The second-order valence-corrected chi connectivity index (χ2v) is 11.2. The molecule has 0 radical (unpaired) electrons. The molecule has 0 aromatic heterocycles. The normalized spacial score (nSPS) is 13.4. The third-order valence-electron chi connectivity index (χ3n) is 7.36. The first-order chi connectivity index (χ1) is 22.3. The molecule has 254 valence electrons. The van der Waals surface area contributed by atoms with Crippen LogP contribution in [0.25, 0.3) is 0 Å². The van der Waals surface area contributed by atoms with Gasteiger partial charge in [-0.3, -0.25) is 4.79 Å². The van der Waals surface area contributed by atoms with Crippen LogP contribution in [0.1, 0.15) is 52.0 Å². The van der Waals surface area contributed by atoms with Gasteiger partial charge in [0.25, 0.3) is 5.91 Å². The quantitative estimate of drug-likeness (QED) is 0.142. The van der Waals surface area contributed by atoms with Gasteiger partial charge >= 0.3 is 18.3 Å². The number of benzene rings is 4. The highest BCUT2D eigenvalue weighted by atomic mass is 19.4. The summed E-state index contributed by atoms with van der Waals surface area (Å²) in [5.41, 5.74) is -9.83. The number of rotatable bonds is 9. The zero-order valence-electron chi connectivity index (χ0n) is 25.3. The van der Waals surface area contributed by atoms with Gasteiger partial charge in [0.1, 0.15) is 28.8 Å². The molecule has 1 unspecified atom stereocenters. The van der Waals surface area contributed by atoms with Crippen LogP contribution < -0.4 is 10.1 Å². The Balaban J connectivity index is 2.08. The molecular weight excluding hydrogens is 657 g/mol. The summed E-state index contributed by atoms with van der Waals surface area (Å²) in [4.78, 5) is 26.1. The minimum Gasteiger partial charge on any atom is -0.476 e. The monoisotopic (exact) mass is 683 g/mol. The molecule has 0 heterocycles. The first-order valence-corrected chi connectivity index (χ1v) is 14.0. The Bertz CT molecular complexity index is 1820. The van der Waals surface area contributed by atoms with Gasteiger partial charge in [-0.2, -0.15) is 26.3 Å². The van der Waals surface area contributed by atoms with Crippen LogP contribution in [0.2, 0.25) is 0 Å². The van der Waals surface area contributed by atoms with Gasteiger partial charge in [0.05, 0.1) is 23.8 Å². The van der Waals surface area contributed by atoms with Gasteiger partial charge in [0.2, 0.25) is 0 Å². The average Bonchev–Trinajstić information content (AvgIpc) is 2.99. The minimum absolute atomic E-state index is 0.271. The molecule has 0 bridgehead atoms. The van der Waals surface area contributed by atoms with Crippen molar-refractivity contribution in [3.63, 3.8) is 0 Å². The maximum Gasteiger partial charge on any atom is 0.420 e. The number of methoxy groups -OCH3 is 1. The number of hydrogen-bond acceptors (Lipinski definition) is 4. The Hall–Kier alpha value is -5.01. The molecule has 4 aromatic carbocycles. The molecule has 1 amide bonds. The Morgan fingerprint density at radius 3 is 2.00 bits per heavy atom. The predicted octanol–water partition coefficient (Wildman–Crippen LogP) is 8.39. The highest BCUT2D eigenvalue weighted by Crippen LogP contribution is 2.41.